The topological polar surface area (TPSA) is 32.7 Å². The summed E-state index contributed by atoms with van der Waals surface area (Å²) in [4.78, 5) is 2.37. The molecule has 1 fully saturated rings. The van der Waals surface area contributed by atoms with Gasteiger partial charge in [-0.3, -0.25) is 0 Å². The van der Waals surface area contributed by atoms with Crippen molar-refractivity contribution in [1.29, 1.82) is 0 Å². The maximum absolute atomic E-state index is 10.3. The van der Waals surface area contributed by atoms with Gasteiger partial charge in [-0.1, -0.05) is 33.8 Å². The van der Waals surface area contributed by atoms with E-state index >= 15 is 0 Å². The standard InChI is InChI=1S/C20H33NO2/c1-14(2)20-7-6-19(9-17(20)5)23-13-18(22)12-21-10-15(3)8-16(4)11-21/h6-7,9,14-16,18,22H,8,10-13H2,1-5H3/t15-,16-,18-/m0/s1. The second-order valence-electron chi connectivity index (χ2n) is 7.80. The Bertz CT molecular complexity index is 490. The Morgan fingerprint density at radius 2 is 1.87 bits per heavy atom. The molecular formula is C20H33NO2. The molecule has 0 radical (unpaired) electrons. The molecule has 1 aliphatic heterocycles. The number of aryl methyl sites for hydroxylation is 1. The summed E-state index contributed by atoms with van der Waals surface area (Å²) in [5.41, 5.74) is 2.61. The molecule has 130 valence electrons. The van der Waals surface area contributed by atoms with Gasteiger partial charge in [-0.2, -0.15) is 0 Å². The number of rotatable bonds is 6. The van der Waals surface area contributed by atoms with E-state index in [1.807, 2.05) is 6.07 Å². The van der Waals surface area contributed by atoms with Gasteiger partial charge in [-0.25, -0.2) is 0 Å². The monoisotopic (exact) mass is 319 g/mol. The number of hydrogen-bond acceptors (Lipinski definition) is 3. The van der Waals surface area contributed by atoms with Crippen LogP contribution in [0, 0.1) is 18.8 Å². The maximum Gasteiger partial charge on any atom is 0.119 e. The number of benzene rings is 1. The van der Waals surface area contributed by atoms with Crippen LogP contribution < -0.4 is 4.74 Å². The molecule has 0 spiro atoms. The highest BCUT2D eigenvalue weighted by Gasteiger charge is 2.23. The molecule has 0 aliphatic carbocycles. The van der Waals surface area contributed by atoms with Crippen molar-refractivity contribution in [2.75, 3.05) is 26.2 Å². The fourth-order valence-corrected chi connectivity index (χ4v) is 3.87. The van der Waals surface area contributed by atoms with E-state index in [1.54, 1.807) is 0 Å². The summed E-state index contributed by atoms with van der Waals surface area (Å²) in [6.07, 6.45) is 0.863. The molecule has 1 aromatic rings. The van der Waals surface area contributed by atoms with Crippen LogP contribution in [0.5, 0.6) is 5.75 Å². The van der Waals surface area contributed by atoms with Gasteiger partial charge < -0.3 is 14.7 Å². The van der Waals surface area contributed by atoms with Crippen LogP contribution in [-0.2, 0) is 0 Å². The lowest BCUT2D eigenvalue weighted by Gasteiger charge is -2.35. The molecule has 1 aliphatic rings. The third-order valence-corrected chi connectivity index (χ3v) is 4.72. The van der Waals surface area contributed by atoms with Gasteiger partial charge in [0.15, 0.2) is 0 Å². The van der Waals surface area contributed by atoms with Crippen molar-refractivity contribution in [3.63, 3.8) is 0 Å². The van der Waals surface area contributed by atoms with Crippen LogP contribution in [0.4, 0.5) is 0 Å². The predicted octanol–water partition coefficient (Wildman–Crippen LogP) is 3.84. The molecular weight excluding hydrogens is 286 g/mol. The van der Waals surface area contributed by atoms with Crippen molar-refractivity contribution < 1.29 is 9.84 Å². The molecule has 3 atom stereocenters. The molecule has 1 aromatic carbocycles. The van der Waals surface area contributed by atoms with Crippen molar-refractivity contribution in [2.45, 2.75) is 53.1 Å². The molecule has 1 heterocycles. The zero-order valence-electron chi connectivity index (χ0n) is 15.4. The van der Waals surface area contributed by atoms with Crippen LogP contribution in [0.15, 0.2) is 18.2 Å². The summed E-state index contributed by atoms with van der Waals surface area (Å²) in [6, 6.07) is 6.23. The second kappa shape index (κ2) is 8.16. The van der Waals surface area contributed by atoms with Crippen molar-refractivity contribution in [2.24, 2.45) is 11.8 Å². The molecule has 1 N–H and O–H groups in total. The van der Waals surface area contributed by atoms with Crippen LogP contribution in [0.1, 0.15) is 51.2 Å². The summed E-state index contributed by atoms with van der Waals surface area (Å²) >= 11 is 0. The Morgan fingerprint density at radius 1 is 1.22 bits per heavy atom. The Labute approximate surface area is 141 Å². The summed E-state index contributed by atoms with van der Waals surface area (Å²) < 4.78 is 5.80. The molecule has 0 amide bonds. The lowest BCUT2D eigenvalue weighted by atomic mass is 9.92. The number of ether oxygens (including phenoxy) is 1. The number of β-amino-alcohol motifs (C(OH)–C–C–N with tert-alkyl or cyclic N) is 1. The van der Waals surface area contributed by atoms with E-state index in [0.29, 0.717) is 19.1 Å². The minimum Gasteiger partial charge on any atom is -0.491 e. The molecule has 23 heavy (non-hydrogen) atoms. The number of aliphatic hydroxyl groups is 1. The Balaban J connectivity index is 1.82. The molecule has 3 nitrogen and oxygen atoms in total. The van der Waals surface area contributed by atoms with Gasteiger partial charge in [0.25, 0.3) is 0 Å². The lowest BCUT2D eigenvalue weighted by molar-refractivity contribution is 0.0429. The molecule has 0 saturated carbocycles. The quantitative estimate of drug-likeness (QED) is 0.865. The minimum absolute atomic E-state index is 0.361. The van der Waals surface area contributed by atoms with Crippen LogP contribution in [-0.4, -0.2) is 42.4 Å². The van der Waals surface area contributed by atoms with Crippen molar-refractivity contribution in [3.05, 3.63) is 29.3 Å². The van der Waals surface area contributed by atoms with E-state index in [1.165, 1.54) is 17.5 Å². The summed E-state index contributed by atoms with van der Waals surface area (Å²) in [5, 5.41) is 10.3. The summed E-state index contributed by atoms with van der Waals surface area (Å²) in [6.45, 7) is 14.4. The van der Waals surface area contributed by atoms with Gasteiger partial charge in [0.05, 0.1) is 0 Å². The van der Waals surface area contributed by atoms with Crippen LogP contribution in [0.2, 0.25) is 0 Å². The van der Waals surface area contributed by atoms with Crippen molar-refractivity contribution >= 4 is 0 Å². The zero-order valence-corrected chi connectivity index (χ0v) is 15.4. The second-order valence-corrected chi connectivity index (χ2v) is 7.80. The van der Waals surface area contributed by atoms with Gasteiger partial charge in [-0.05, 0) is 54.4 Å². The molecule has 3 heteroatoms. The van der Waals surface area contributed by atoms with Gasteiger partial charge in [0, 0.05) is 19.6 Å². The van der Waals surface area contributed by atoms with Gasteiger partial charge in [0.1, 0.15) is 18.5 Å². The SMILES string of the molecule is Cc1cc(OC[C@@H](O)CN2C[C@@H](C)C[C@H](C)C2)ccc1C(C)C. The highest BCUT2D eigenvalue weighted by atomic mass is 16.5. The van der Waals surface area contributed by atoms with E-state index in [-0.39, 0.29) is 0 Å². The Morgan fingerprint density at radius 3 is 2.43 bits per heavy atom. The zero-order chi connectivity index (χ0) is 17.0. The molecule has 0 aromatic heterocycles. The molecule has 2 rings (SSSR count). The van der Waals surface area contributed by atoms with E-state index < -0.39 is 6.10 Å². The summed E-state index contributed by atoms with van der Waals surface area (Å²) in [7, 11) is 0. The van der Waals surface area contributed by atoms with Crippen LogP contribution in [0.25, 0.3) is 0 Å². The largest absolute Gasteiger partial charge is 0.491 e. The van der Waals surface area contributed by atoms with Crippen LogP contribution in [0.3, 0.4) is 0 Å². The van der Waals surface area contributed by atoms with E-state index in [9.17, 15) is 5.11 Å². The first-order valence-electron chi connectivity index (χ1n) is 8.99. The van der Waals surface area contributed by atoms with Crippen molar-refractivity contribution in [1.82, 2.24) is 4.90 Å². The molecule has 1 saturated heterocycles. The highest BCUT2D eigenvalue weighted by Crippen LogP contribution is 2.24. The third-order valence-electron chi connectivity index (χ3n) is 4.72. The first-order chi connectivity index (χ1) is 10.8. The number of piperidine rings is 1. The molecule has 0 bridgehead atoms. The van der Waals surface area contributed by atoms with Crippen molar-refractivity contribution in [3.8, 4) is 5.75 Å². The predicted molar refractivity (Wildman–Crippen MR) is 96.2 cm³/mol. The van der Waals surface area contributed by atoms with Gasteiger partial charge >= 0.3 is 0 Å². The van der Waals surface area contributed by atoms with E-state index in [0.717, 1.165) is 30.7 Å². The normalized spacial score (nSPS) is 24.0. The fraction of sp³-hybridized carbons (Fsp3) is 0.700. The van der Waals surface area contributed by atoms with E-state index in [4.69, 9.17) is 4.74 Å². The first-order valence-corrected chi connectivity index (χ1v) is 8.99. The van der Waals surface area contributed by atoms with E-state index in [2.05, 4.69) is 51.7 Å². The molecule has 0 unspecified atom stereocenters. The number of likely N-dealkylation sites (tertiary alicyclic amines) is 1. The summed E-state index contributed by atoms with van der Waals surface area (Å²) in [5.74, 6) is 2.82. The number of hydrogen-bond donors (Lipinski definition) is 1. The lowest BCUT2D eigenvalue weighted by Crippen LogP contribution is -2.44. The fourth-order valence-electron chi connectivity index (χ4n) is 3.87. The smallest absolute Gasteiger partial charge is 0.119 e. The third kappa shape index (κ3) is 5.50. The van der Waals surface area contributed by atoms with Gasteiger partial charge in [0.2, 0.25) is 0 Å². The average Bonchev–Trinajstić information content (AvgIpc) is 2.43. The maximum atomic E-state index is 10.3. The average molecular weight is 319 g/mol. The minimum atomic E-state index is -0.433. The Hall–Kier alpha value is -1.06. The van der Waals surface area contributed by atoms with Gasteiger partial charge in [-0.15, -0.1) is 0 Å². The first kappa shape index (κ1) is 18.3. The van der Waals surface area contributed by atoms with Crippen LogP contribution >= 0.6 is 0 Å². The number of nitrogens with zero attached hydrogens (tertiary/aromatic N) is 1. The number of aliphatic hydroxyl groups excluding tert-OH is 1. The highest BCUT2D eigenvalue weighted by molar-refractivity contribution is 5.36. The Kier molecular flexibility index (Phi) is 6.49.